The van der Waals surface area contributed by atoms with Crippen LogP contribution in [-0.4, -0.2) is 0 Å². The van der Waals surface area contributed by atoms with E-state index in [0.717, 1.165) is 33.1 Å². The highest BCUT2D eigenvalue weighted by Gasteiger charge is 2.30. The van der Waals surface area contributed by atoms with Crippen LogP contribution >= 0.6 is 0 Å². The largest absolute Gasteiger partial charge is 0.455 e. The van der Waals surface area contributed by atoms with Crippen molar-refractivity contribution in [1.82, 2.24) is 0 Å². The molecule has 0 saturated carbocycles. The van der Waals surface area contributed by atoms with E-state index in [1.54, 1.807) is 0 Å². The van der Waals surface area contributed by atoms with Crippen LogP contribution in [0, 0.1) is 6.92 Å². The van der Waals surface area contributed by atoms with Gasteiger partial charge in [-0.25, -0.2) is 0 Å². The van der Waals surface area contributed by atoms with E-state index >= 15 is 0 Å². The van der Waals surface area contributed by atoms with E-state index in [0.29, 0.717) is 0 Å². The van der Waals surface area contributed by atoms with Crippen LogP contribution in [0.25, 0.3) is 99.5 Å². The van der Waals surface area contributed by atoms with Crippen molar-refractivity contribution < 1.29 is 4.42 Å². The number of furan rings is 1. The molecule has 0 radical (unpaired) electrons. The number of hydrogen-bond acceptors (Lipinski definition) is 1. The fraction of sp³-hybridized carbons (Fsp3) is 0.0213. The van der Waals surface area contributed by atoms with Crippen LogP contribution in [-0.2, 0) is 0 Å². The molecule has 0 aliphatic heterocycles. The number of rotatable bonds is 4. The molecule has 10 rings (SSSR count). The van der Waals surface area contributed by atoms with E-state index in [1.165, 1.54) is 72.0 Å². The van der Waals surface area contributed by atoms with Crippen molar-refractivity contribution in [2.24, 2.45) is 0 Å². The number of para-hydroxylation sites is 2. The lowest BCUT2D eigenvalue weighted by molar-refractivity contribution is 0.670. The summed E-state index contributed by atoms with van der Waals surface area (Å²) in [6, 6.07) is 59.5. The van der Waals surface area contributed by atoms with Crippen molar-refractivity contribution in [2.75, 3.05) is 0 Å². The Kier molecular flexibility index (Phi) is 5.86. The summed E-state index contributed by atoms with van der Waals surface area (Å²) in [6.07, 6.45) is 0. The molecule has 1 aliphatic carbocycles. The molecule has 0 saturated heterocycles. The SMILES string of the molecule is Cc1cc2c3c(cccc3c1)-c1c(-c3ccccc3)c(-c3ccc(-c4cccc5c4oc4ccccc45)cc3)cc(-c3ccccc3)c1-2. The number of benzene rings is 8. The standard InChI is InChI=1S/C47H30O/c1-29-26-34-16-10-20-38-43(34)41(27-29)45-40(30-12-4-2-5-13-30)28-39(44(46(38)45)33-14-6-3-7-15-33)32-24-22-31(23-25-32)35-18-11-19-37-36-17-8-9-21-42(36)48-47(35)37/h2-28H,1H3. The topological polar surface area (TPSA) is 13.1 Å². The lowest BCUT2D eigenvalue weighted by Gasteiger charge is -2.21. The second kappa shape index (κ2) is 10.4. The average Bonchev–Trinajstić information content (AvgIpc) is 3.69. The van der Waals surface area contributed by atoms with Crippen LogP contribution in [0.1, 0.15) is 5.56 Å². The lowest BCUT2D eigenvalue weighted by atomic mass is 9.82. The van der Waals surface area contributed by atoms with Gasteiger partial charge in [0, 0.05) is 16.3 Å². The summed E-state index contributed by atoms with van der Waals surface area (Å²) < 4.78 is 6.41. The van der Waals surface area contributed by atoms with Crippen LogP contribution in [0.3, 0.4) is 0 Å². The van der Waals surface area contributed by atoms with Crippen LogP contribution < -0.4 is 0 Å². The molecule has 0 bridgehead atoms. The van der Waals surface area contributed by atoms with Gasteiger partial charge in [-0.15, -0.1) is 0 Å². The molecule has 0 amide bonds. The van der Waals surface area contributed by atoms with Gasteiger partial charge in [0.25, 0.3) is 0 Å². The zero-order chi connectivity index (χ0) is 31.8. The monoisotopic (exact) mass is 610 g/mol. The zero-order valence-corrected chi connectivity index (χ0v) is 26.5. The molecule has 0 fully saturated rings. The molecule has 9 aromatic rings. The van der Waals surface area contributed by atoms with Gasteiger partial charge in [-0.2, -0.15) is 0 Å². The molecule has 1 heterocycles. The smallest absolute Gasteiger partial charge is 0.143 e. The summed E-state index contributed by atoms with van der Waals surface area (Å²) in [5, 5.41) is 4.94. The summed E-state index contributed by atoms with van der Waals surface area (Å²) >= 11 is 0. The molecule has 0 atom stereocenters. The van der Waals surface area contributed by atoms with Gasteiger partial charge < -0.3 is 4.42 Å². The highest BCUT2D eigenvalue weighted by atomic mass is 16.3. The summed E-state index contributed by atoms with van der Waals surface area (Å²) in [4.78, 5) is 0. The van der Waals surface area contributed by atoms with E-state index in [9.17, 15) is 0 Å². The Labute approximate surface area is 279 Å². The minimum atomic E-state index is 0.918. The van der Waals surface area contributed by atoms with Crippen molar-refractivity contribution in [3.05, 3.63) is 169 Å². The molecule has 8 aromatic carbocycles. The number of aryl methyl sites for hydroxylation is 1. The summed E-state index contributed by atoms with van der Waals surface area (Å²) in [6.45, 7) is 2.21. The maximum atomic E-state index is 6.41. The molecule has 48 heavy (non-hydrogen) atoms. The maximum absolute atomic E-state index is 6.41. The predicted molar refractivity (Wildman–Crippen MR) is 202 cm³/mol. The van der Waals surface area contributed by atoms with E-state index in [4.69, 9.17) is 4.42 Å². The number of hydrogen-bond donors (Lipinski definition) is 0. The second-order valence-corrected chi connectivity index (χ2v) is 12.9. The molecule has 1 heteroatoms. The average molecular weight is 611 g/mol. The summed E-state index contributed by atoms with van der Waals surface area (Å²) in [5.41, 5.74) is 18.1. The fourth-order valence-corrected chi connectivity index (χ4v) is 8.00. The van der Waals surface area contributed by atoms with Crippen molar-refractivity contribution in [2.45, 2.75) is 6.92 Å². The molecule has 224 valence electrons. The van der Waals surface area contributed by atoms with Crippen molar-refractivity contribution in [3.8, 4) is 66.8 Å². The Morgan fingerprint density at radius 3 is 1.77 bits per heavy atom. The first-order valence-electron chi connectivity index (χ1n) is 16.6. The van der Waals surface area contributed by atoms with E-state index in [2.05, 4.69) is 159 Å². The van der Waals surface area contributed by atoms with E-state index in [-0.39, 0.29) is 0 Å². The Morgan fingerprint density at radius 1 is 0.375 bits per heavy atom. The Hall–Kier alpha value is -6.18. The molecule has 0 N–H and O–H groups in total. The Balaban J connectivity index is 1.25. The molecular formula is C47H30O. The van der Waals surface area contributed by atoms with Gasteiger partial charge >= 0.3 is 0 Å². The Bertz CT molecular complexity index is 2700. The maximum Gasteiger partial charge on any atom is 0.143 e. The van der Waals surface area contributed by atoms with Crippen LogP contribution in [0.5, 0.6) is 0 Å². The zero-order valence-electron chi connectivity index (χ0n) is 26.5. The van der Waals surface area contributed by atoms with Gasteiger partial charge in [0.2, 0.25) is 0 Å². The number of fused-ring (bicyclic) bond motifs is 6. The minimum Gasteiger partial charge on any atom is -0.455 e. The normalized spacial score (nSPS) is 11.9. The van der Waals surface area contributed by atoms with E-state index < -0.39 is 0 Å². The van der Waals surface area contributed by atoms with Crippen molar-refractivity contribution in [3.63, 3.8) is 0 Å². The third kappa shape index (κ3) is 3.98. The van der Waals surface area contributed by atoms with Gasteiger partial charge in [0.1, 0.15) is 11.2 Å². The molecule has 1 aromatic heterocycles. The van der Waals surface area contributed by atoms with Gasteiger partial charge in [-0.05, 0) is 96.6 Å². The summed E-state index contributed by atoms with van der Waals surface area (Å²) in [7, 11) is 0. The molecule has 1 aliphatic rings. The predicted octanol–water partition coefficient (Wildman–Crippen LogP) is 13.4. The van der Waals surface area contributed by atoms with Crippen LogP contribution in [0.15, 0.2) is 168 Å². The van der Waals surface area contributed by atoms with Gasteiger partial charge in [-0.1, -0.05) is 152 Å². The lowest BCUT2D eigenvalue weighted by Crippen LogP contribution is -1.94. The van der Waals surface area contributed by atoms with Crippen molar-refractivity contribution in [1.29, 1.82) is 0 Å². The Morgan fingerprint density at radius 2 is 0.979 bits per heavy atom. The van der Waals surface area contributed by atoms with Gasteiger partial charge in [-0.3, -0.25) is 0 Å². The van der Waals surface area contributed by atoms with E-state index in [1.807, 2.05) is 12.1 Å². The third-order valence-electron chi connectivity index (χ3n) is 10.0. The van der Waals surface area contributed by atoms with Gasteiger partial charge in [0.05, 0.1) is 0 Å². The van der Waals surface area contributed by atoms with Crippen molar-refractivity contribution >= 4 is 32.7 Å². The first-order chi connectivity index (χ1) is 23.7. The first kappa shape index (κ1) is 27.0. The fourth-order valence-electron chi connectivity index (χ4n) is 8.00. The molecule has 0 spiro atoms. The van der Waals surface area contributed by atoms with Crippen LogP contribution in [0.4, 0.5) is 0 Å². The third-order valence-corrected chi connectivity index (χ3v) is 10.0. The summed E-state index contributed by atoms with van der Waals surface area (Å²) in [5.74, 6) is 0. The second-order valence-electron chi connectivity index (χ2n) is 12.9. The van der Waals surface area contributed by atoms with Crippen LogP contribution in [0.2, 0.25) is 0 Å². The minimum absolute atomic E-state index is 0.918. The highest BCUT2D eigenvalue weighted by Crippen LogP contribution is 2.57. The molecule has 0 unspecified atom stereocenters. The molecule has 1 nitrogen and oxygen atoms in total. The molecular weight excluding hydrogens is 581 g/mol. The quantitative estimate of drug-likeness (QED) is 0.193. The first-order valence-corrected chi connectivity index (χ1v) is 16.6. The van der Waals surface area contributed by atoms with Gasteiger partial charge in [0.15, 0.2) is 0 Å². The highest BCUT2D eigenvalue weighted by molar-refractivity contribution is 6.23.